The highest BCUT2D eigenvalue weighted by molar-refractivity contribution is 5.94. The zero-order valence-electron chi connectivity index (χ0n) is 13.2. The minimum atomic E-state index is -0.656. The van der Waals surface area contributed by atoms with E-state index < -0.39 is 6.10 Å². The molecule has 0 fully saturated rings. The molecule has 0 aliphatic carbocycles. The van der Waals surface area contributed by atoms with Crippen molar-refractivity contribution in [2.45, 2.75) is 13.0 Å². The molecular weight excluding hydrogens is 300 g/mol. The molecule has 0 aliphatic rings. The number of ether oxygens (including phenoxy) is 1. The average molecular weight is 316 g/mol. The van der Waals surface area contributed by atoms with Crippen molar-refractivity contribution in [2.75, 3.05) is 5.32 Å². The Labute approximate surface area is 140 Å². The van der Waals surface area contributed by atoms with Crippen LogP contribution in [0.5, 0.6) is 5.75 Å². The number of amides is 1. The topological polar surface area (TPSA) is 62.1 Å². The monoisotopic (exact) mass is 316 g/mol. The summed E-state index contributed by atoms with van der Waals surface area (Å²) in [7, 11) is 0. The van der Waals surface area contributed by atoms with Crippen LogP contribution in [0.25, 0.3) is 10.8 Å². The van der Waals surface area contributed by atoms with Crippen molar-refractivity contribution in [1.29, 1.82) is 5.26 Å². The van der Waals surface area contributed by atoms with E-state index in [1.54, 1.807) is 31.2 Å². The minimum absolute atomic E-state index is 0.266. The molecule has 3 rings (SSSR count). The molecule has 0 saturated heterocycles. The van der Waals surface area contributed by atoms with E-state index in [1.807, 2.05) is 48.5 Å². The Hall–Kier alpha value is -3.32. The average Bonchev–Trinajstić information content (AvgIpc) is 2.61. The van der Waals surface area contributed by atoms with Gasteiger partial charge in [0.2, 0.25) is 0 Å². The first-order valence-electron chi connectivity index (χ1n) is 7.62. The van der Waals surface area contributed by atoms with Gasteiger partial charge in [-0.1, -0.05) is 36.4 Å². The first-order valence-corrected chi connectivity index (χ1v) is 7.62. The fourth-order valence-electron chi connectivity index (χ4n) is 2.41. The number of anilines is 1. The largest absolute Gasteiger partial charge is 0.481 e. The van der Waals surface area contributed by atoms with Crippen molar-refractivity contribution in [3.63, 3.8) is 0 Å². The molecule has 4 nitrogen and oxygen atoms in total. The third-order valence-corrected chi connectivity index (χ3v) is 3.66. The third kappa shape index (κ3) is 3.53. The second-order valence-electron chi connectivity index (χ2n) is 5.45. The zero-order chi connectivity index (χ0) is 16.9. The smallest absolute Gasteiger partial charge is 0.265 e. The second kappa shape index (κ2) is 6.84. The summed E-state index contributed by atoms with van der Waals surface area (Å²) in [4.78, 5) is 12.3. The molecule has 0 aliphatic heterocycles. The minimum Gasteiger partial charge on any atom is -0.481 e. The number of nitrogens with zero attached hydrogens (tertiary/aromatic N) is 1. The van der Waals surface area contributed by atoms with Crippen LogP contribution in [0.3, 0.4) is 0 Å². The van der Waals surface area contributed by atoms with Gasteiger partial charge in [0.1, 0.15) is 5.75 Å². The summed E-state index contributed by atoms with van der Waals surface area (Å²) in [5.74, 6) is 0.375. The van der Waals surface area contributed by atoms with E-state index >= 15 is 0 Å². The number of carbonyl (C=O) groups excluding carboxylic acids is 1. The molecule has 1 N–H and O–H groups in total. The zero-order valence-corrected chi connectivity index (χ0v) is 13.2. The SMILES string of the molecule is C[C@@H](Oc1ccc2ccccc2c1)C(=O)Nc1cccc(C#N)c1. The van der Waals surface area contributed by atoms with Crippen LogP contribution < -0.4 is 10.1 Å². The number of fused-ring (bicyclic) bond motifs is 1. The van der Waals surface area contributed by atoms with Gasteiger partial charge in [0.25, 0.3) is 5.91 Å². The number of hydrogen-bond donors (Lipinski definition) is 1. The fourth-order valence-corrected chi connectivity index (χ4v) is 2.41. The van der Waals surface area contributed by atoms with Crippen molar-refractivity contribution in [1.82, 2.24) is 0 Å². The van der Waals surface area contributed by atoms with Gasteiger partial charge in [-0.2, -0.15) is 5.26 Å². The highest BCUT2D eigenvalue weighted by Gasteiger charge is 2.15. The Morgan fingerprint density at radius 3 is 2.62 bits per heavy atom. The van der Waals surface area contributed by atoms with Crippen molar-refractivity contribution < 1.29 is 9.53 Å². The van der Waals surface area contributed by atoms with Gasteiger partial charge < -0.3 is 10.1 Å². The van der Waals surface area contributed by atoms with E-state index in [0.717, 1.165) is 10.8 Å². The highest BCUT2D eigenvalue weighted by Crippen LogP contribution is 2.21. The molecule has 118 valence electrons. The first kappa shape index (κ1) is 15.6. The molecular formula is C20H16N2O2. The summed E-state index contributed by atoms with van der Waals surface area (Å²) in [6.45, 7) is 1.69. The molecule has 0 bridgehead atoms. The Bertz CT molecular complexity index is 928. The van der Waals surface area contributed by atoms with Crippen molar-refractivity contribution in [2.24, 2.45) is 0 Å². The molecule has 24 heavy (non-hydrogen) atoms. The van der Waals surface area contributed by atoms with Gasteiger partial charge in [0.05, 0.1) is 11.6 Å². The summed E-state index contributed by atoms with van der Waals surface area (Å²) in [5, 5.41) is 13.8. The number of carbonyl (C=O) groups is 1. The van der Waals surface area contributed by atoms with E-state index in [9.17, 15) is 4.79 Å². The summed E-state index contributed by atoms with van der Waals surface area (Å²) < 4.78 is 5.74. The Morgan fingerprint density at radius 2 is 1.83 bits per heavy atom. The molecule has 0 spiro atoms. The van der Waals surface area contributed by atoms with Gasteiger partial charge in [-0.05, 0) is 48.0 Å². The van der Waals surface area contributed by atoms with E-state index in [0.29, 0.717) is 17.0 Å². The highest BCUT2D eigenvalue weighted by atomic mass is 16.5. The Kier molecular flexibility index (Phi) is 4.44. The second-order valence-corrected chi connectivity index (χ2v) is 5.45. The van der Waals surface area contributed by atoms with Crippen molar-refractivity contribution in [3.8, 4) is 11.8 Å². The number of rotatable bonds is 4. The van der Waals surface area contributed by atoms with E-state index in [4.69, 9.17) is 10.00 Å². The van der Waals surface area contributed by atoms with Gasteiger partial charge in [0, 0.05) is 5.69 Å². The van der Waals surface area contributed by atoms with Crippen LogP contribution >= 0.6 is 0 Å². The maximum absolute atomic E-state index is 12.3. The van der Waals surface area contributed by atoms with Crippen LogP contribution in [-0.4, -0.2) is 12.0 Å². The van der Waals surface area contributed by atoms with Gasteiger partial charge in [-0.15, -0.1) is 0 Å². The number of benzene rings is 3. The molecule has 0 heterocycles. The number of nitrogens with one attached hydrogen (secondary N) is 1. The predicted molar refractivity (Wildman–Crippen MR) is 93.8 cm³/mol. The molecule has 4 heteroatoms. The molecule has 3 aromatic rings. The lowest BCUT2D eigenvalue weighted by atomic mass is 10.1. The van der Waals surface area contributed by atoms with Gasteiger partial charge in [-0.25, -0.2) is 0 Å². The van der Waals surface area contributed by atoms with Crippen molar-refractivity contribution in [3.05, 3.63) is 72.3 Å². The van der Waals surface area contributed by atoms with Crippen LogP contribution in [0.2, 0.25) is 0 Å². The summed E-state index contributed by atoms with van der Waals surface area (Å²) in [6.07, 6.45) is -0.656. The number of hydrogen-bond acceptors (Lipinski definition) is 3. The van der Waals surface area contributed by atoms with Gasteiger partial charge >= 0.3 is 0 Å². The maximum Gasteiger partial charge on any atom is 0.265 e. The lowest BCUT2D eigenvalue weighted by Crippen LogP contribution is -2.30. The lowest BCUT2D eigenvalue weighted by molar-refractivity contribution is -0.122. The lowest BCUT2D eigenvalue weighted by Gasteiger charge is -2.15. The van der Waals surface area contributed by atoms with Crippen molar-refractivity contribution >= 4 is 22.4 Å². The van der Waals surface area contributed by atoms with Crippen LogP contribution in [-0.2, 0) is 4.79 Å². The molecule has 3 aromatic carbocycles. The molecule has 0 saturated carbocycles. The molecule has 0 unspecified atom stereocenters. The van der Waals surface area contributed by atoms with Crippen LogP contribution in [0.15, 0.2) is 66.7 Å². The van der Waals surface area contributed by atoms with Crippen LogP contribution in [0, 0.1) is 11.3 Å². The Morgan fingerprint density at radius 1 is 1.04 bits per heavy atom. The normalized spacial score (nSPS) is 11.5. The number of nitriles is 1. The fraction of sp³-hybridized carbons (Fsp3) is 0.100. The first-order chi connectivity index (χ1) is 11.7. The van der Waals surface area contributed by atoms with Gasteiger partial charge in [0.15, 0.2) is 6.10 Å². The standard InChI is InChI=1S/C20H16N2O2/c1-14(20(23)22-18-8-4-5-15(11-18)13-21)24-19-10-9-16-6-2-3-7-17(16)12-19/h2-12,14H,1H3,(H,22,23)/t14-/m1/s1. The maximum atomic E-state index is 12.3. The van der Waals surface area contributed by atoms with Crippen LogP contribution in [0.4, 0.5) is 5.69 Å². The molecule has 0 radical (unpaired) electrons. The van der Waals surface area contributed by atoms with E-state index in [-0.39, 0.29) is 5.91 Å². The summed E-state index contributed by atoms with van der Waals surface area (Å²) in [5.41, 5.74) is 1.07. The van der Waals surface area contributed by atoms with E-state index in [2.05, 4.69) is 5.32 Å². The van der Waals surface area contributed by atoms with Crippen LogP contribution in [0.1, 0.15) is 12.5 Å². The molecule has 1 atom stereocenters. The summed E-state index contributed by atoms with van der Waals surface area (Å²) in [6, 6.07) is 22.5. The van der Waals surface area contributed by atoms with Gasteiger partial charge in [-0.3, -0.25) is 4.79 Å². The summed E-state index contributed by atoms with van der Waals surface area (Å²) >= 11 is 0. The van der Waals surface area contributed by atoms with E-state index in [1.165, 1.54) is 0 Å². The quantitative estimate of drug-likeness (QED) is 0.787. The Balaban J connectivity index is 1.69. The predicted octanol–water partition coefficient (Wildman–Crippen LogP) is 4.12. The molecule has 0 aromatic heterocycles. The third-order valence-electron chi connectivity index (χ3n) is 3.66. The molecule has 1 amide bonds.